The van der Waals surface area contributed by atoms with E-state index < -0.39 is 11.5 Å². The van der Waals surface area contributed by atoms with Crippen LogP contribution < -0.4 is 5.73 Å². The quantitative estimate of drug-likeness (QED) is 0.612. The summed E-state index contributed by atoms with van der Waals surface area (Å²) in [6.45, 7) is 1.88. The van der Waals surface area contributed by atoms with Crippen LogP contribution in [0.4, 0.5) is 5.82 Å². The van der Waals surface area contributed by atoms with E-state index >= 15 is 0 Å². The number of aromatic nitrogens is 4. The van der Waals surface area contributed by atoms with Crippen molar-refractivity contribution in [2.75, 3.05) is 5.73 Å². The van der Waals surface area contributed by atoms with Crippen LogP contribution in [0, 0.1) is 17.8 Å². The summed E-state index contributed by atoms with van der Waals surface area (Å²) in [6, 6.07) is 0.0152. The maximum Gasteiger partial charge on any atom is 0.226 e. The highest BCUT2D eigenvalue weighted by Crippen LogP contribution is 2.44. The Morgan fingerprint density at radius 2 is 2.35 bits per heavy atom. The number of anilines is 1. The second-order valence-corrected chi connectivity index (χ2v) is 5.71. The first kappa shape index (κ1) is 13.2. The average Bonchev–Trinajstić information content (AvgIpc) is 2.92. The molecule has 0 aliphatic heterocycles. The minimum absolute atomic E-state index is 0.0152. The Hall–Kier alpha value is -1.84. The van der Waals surface area contributed by atoms with Gasteiger partial charge in [0, 0.05) is 6.04 Å². The number of nitrogen functional groups attached to an aromatic ring is 1. The molecule has 0 spiro atoms. The zero-order valence-electron chi connectivity index (χ0n) is 10.9. The maximum atomic E-state index is 10.1. The van der Waals surface area contributed by atoms with Crippen molar-refractivity contribution in [3.05, 3.63) is 11.6 Å². The molecule has 0 aromatic carbocycles. The van der Waals surface area contributed by atoms with Gasteiger partial charge in [0.05, 0.1) is 17.8 Å². The zero-order chi connectivity index (χ0) is 14.5. The highest BCUT2D eigenvalue weighted by atomic mass is 35.5. The van der Waals surface area contributed by atoms with Crippen molar-refractivity contribution in [3.8, 4) is 12.3 Å². The molecular weight excluding hydrogens is 278 g/mol. The van der Waals surface area contributed by atoms with Crippen LogP contribution in [-0.2, 0) is 0 Å². The number of imidazole rings is 1. The number of nitrogens with two attached hydrogens (primary N) is 1. The summed E-state index contributed by atoms with van der Waals surface area (Å²) in [7, 11) is 0. The van der Waals surface area contributed by atoms with E-state index in [4.69, 9.17) is 23.8 Å². The van der Waals surface area contributed by atoms with Crippen LogP contribution in [0.1, 0.15) is 25.8 Å². The minimum Gasteiger partial charge on any atom is -0.391 e. The Morgan fingerprint density at radius 1 is 1.60 bits per heavy atom. The molecule has 2 heterocycles. The molecule has 104 valence electrons. The van der Waals surface area contributed by atoms with E-state index in [1.807, 2.05) is 11.5 Å². The molecular formula is C13H14ClN5O. The number of terminal acetylenes is 1. The van der Waals surface area contributed by atoms with Gasteiger partial charge in [-0.15, -0.1) is 6.42 Å². The summed E-state index contributed by atoms with van der Waals surface area (Å²) in [5.41, 5.74) is 6.33. The van der Waals surface area contributed by atoms with Crippen molar-refractivity contribution in [2.45, 2.75) is 31.9 Å². The third-order valence-electron chi connectivity index (χ3n) is 4.03. The van der Waals surface area contributed by atoms with E-state index in [-0.39, 0.29) is 17.1 Å². The Bertz CT molecular complexity index is 721. The number of hydrogen-bond acceptors (Lipinski definition) is 5. The van der Waals surface area contributed by atoms with Crippen molar-refractivity contribution in [1.29, 1.82) is 0 Å². The maximum absolute atomic E-state index is 10.1. The van der Waals surface area contributed by atoms with Crippen LogP contribution in [0.5, 0.6) is 0 Å². The van der Waals surface area contributed by atoms with Gasteiger partial charge in [-0.3, -0.25) is 0 Å². The van der Waals surface area contributed by atoms with Gasteiger partial charge in [-0.2, -0.15) is 9.97 Å². The van der Waals surface area contributed by atoms with E-state index in [1.165, 1.54) is 0 Å². The van der Waals surface area contributed by atoms with Gasteiger partial charge in [0.25, 0.3) is 0 Å². The molecule has 7 heteroatoms. The molecule has 2 aromatic heterocycles. The van der Waals surface area contributed by atoms with Crippen LogP contribution in [0.15, 0.2) is 6.33 Å². The minimum atomic E-state index is -0.551. The summed E-state index contributed by atoms with van der Waals surface area (Å²) >= 11 is 5.85. The van der Waals surface area contributed by atoms with E-state index in [1.54, 1.807) is 6.33 Å². The Kier molecular flexibility index (Phi) is 2.85. The molecule has 0 radical (unpaired) electrons. The Morgan fingerprint density at radius 3 is 3.00 bits per heavy atom. The molecule has 1 aliphatic carbocycles. The molecule has 3 N–H and O–H groups in total. The van der Waals surface area contributed by atoms with Gasteiger partial charge in [-0.05, 0) is 31.4 Å². The molecule has 6 nitrogen and oxygen atoms in total. The normalized spacial score (nSPS) is 29.7. The summed E-state index contributed by atoms with van der Waals surface area (Å²) in [4.78, 5) is 12.3. The molecule has 0 saturated heterocycles. The lowest BCUT2D eigenvalue weighted by Crippen LogP contribution is -2.23. The van der Waals surface area contributed by atoms with Gasteiger partial charge in [0.1, 0.15) is 5.52 Å². The number of aliphatic hydroxyl groups excluding tert-OH is 1. The molecule has 1 aliphatic rings. The van der Waals surface area contributed by atoms with Gasteiger partial charge in [0.15, 0.2) is 11.5 Å². The molecule has 0 bridgehead atoms. The average molecular weight is 292 g/mol. The van der Waals surface area contributed by atoms with Crippen LogP contribution in [-0.4, -0.2) is 30.7 Å². The van der Waals surface area contributed by atoms with E-state index in [2.05, 4.69) is 20.9 Å². The first-order chi connectivity index (χ1) is 9.44. The standard InChI is InChI=1S/C13H14ClN5O/c1-3-13(2)5-7(4-8(13)20)19-6-16-9-10(15)17-12(14)18-11(9)19/h1,6-8,20H,4-5H2,2H3,(H2,15,17,18)/t7-,8-,13+/m0/s1. The predicted molar refractivity (Wildman–Crippen MR) is 76.0 cm³/mol. The van der Waals surface area contributed by atoms with E-state index in [0.29, 0.717) is 24.0 Å². The summed E-state index contributed by atoms with van der Waals surface area (Å²) < 4.78 is 1.87. The third-order valence-corrected chi connectivity index (χ3v) is 4.20. The smallest absolute Gasteiger partial charge is 0.226 e. The fourth-order valence-corrected chi connectivity index (χ4v) is 2.94. The van der Waals surface area contributed by atoms with Gasteiger partial charge >= 0.3 is 0 Å². The highest BCUT2D eigenvalue weighted by molar-refractivity contribution is 6.28. The van der Waals surface area contributed by atoms with Crippen molar-refractivity contribution >= 4 is 28.6 Å². The van der Waals surface area contributed by atoms with E-state index in [9.17, 15) is 5.11 Å². The first-order valence-corrected chi connectivity index (χ1v) is 6.64. The predicted octanol–water partition coefficient (Wildman–Crippen LogP) is 1.40. The van der Waals surface area contributed by atoms with Crippen molar-refractivity contribution in [2.24, 2.45) is 5.41 Å². The number of fused-ring (bicyclic) bond motifs is 1. The molecule has 3 rings (SSSR count). The lowest BCUT2D eigenvalue weighted by Gasteiger charge is -2.20. The number of hydrogen-bond donors (Lipinski definition) is 2. The molecule has 1 saturated carbocycles. The Labute approximate surface area is 121 Å². The third kappa shape index (κ3) is 1.82. The molecule has 1 fully saturated rings. The molecule has 0 unspecified atom stereocenters. The summed E-state index contributed by atoms with van der Waals surface area (Å²) in [5, 5.41) is 10.2. The Balaban J connectivity index is 2.07. The summed E-state index contributed by atoms with van der Waals surface area (Å²) in [6.07, 6.45) is 7.83. The van der Waals surface area contributed by atoms with Gasteiger partial charge in [0.2, 0.25) is 5.28 Å². The largest absolute Gasteiger partial charge is 0.391 e. The number of aliphatic hydroxyl groups is 1. The monoisotopic (exact) mass is 291 g/mol. The fourth-order valence-electron chi connectivity index (χ4n) is 2.77. The molecule has 3 atom stereocenters. The van der Waals surface area contributed by atoms with Crippen LogP contribution >= 0.6 is 11.6 Å². The van der Waals surface area contributed by atoms with E-state index in [0.717, 1.165) is 0 Å². The molecule has 2 aromatic rings. The lowest BCUT2D eigenvalue weighted by molar-refractivity contribution is 0.104. The fraction of sp³-hybridized carbons (Fsp3) is 0.462. The van der Waals surface area contributed by atoms with Gasteiger partial charge in [-0.1, -0.05) is 5.92 Å². The van der Waals surface area contributed by atoms with Crippen molar-refractivity contribution < 1.29 is 5.11 Å². The van der Waals surface area contributed by atoms with Crippen LogP contribution in [0.2, 0.25) is 5.28 Å². The lowest BCUT2D eigenvalue weighted by atomic mass is 9.88. The van der Waals surface area contributed by atoms with Gasteiger partial charge < -0.3 is 15.4 Å². The molecule has 20 heavy (non-hydrogen) atoms. The topological polar surface area (TPSA) is 89.9 Å². The van der Waals surface area contributed by atoms with Crippen LogP contribution in [0.25, 0.3) is 11.2 Å². The first-order valence-electron chi connectivity index (χ1n) is 6.26. The van der Waals surface area contributed by atoms with Crippen molar-refractivity contribution in [1.82, 2.24) is 19.5 Å². The molecule has 0 amide bonds. The second-order valence-electron chi connectivity index (χ2n) is 5.37. The highest BCUT2D eigenvalue weighted by Gasteiger charge is 2.43. The number of rotatable bonds is 1. The van der Waals surface area contributed by atoms with Gasteiger partial charge in [-0.25, -0.2) is 4.98 Å². The summed E-state index contributed by atoms with van der Waals surface area (Å²) in [5.74, 6) is 2.93. The van der Waals surface area contributed by atoms with Crippen molar-refractivity contribution in [3.63, 3.8) is 0 Å². The number of nitrogens with zero attached hydrogens (tertiary/aromatic N) is 4. The zero-order valence-corrected chi connectivity index (χ0v) is 11.7. The number of halogens is 1. The van der Waals surface area contributed by atoms with Crippen LogP contribution in [0.3, 0.4) is 0 Å². The SMILES string of the molecule is C#C[C@]1(C)C[C@@H](n2cnc3c(N)nc(Cl)nc32)C[C@@H]1O. The second kappa shape index (κ2) is 4.33.